The lowest BCUT2D eigenvalue weighted by molar-refractivity contribution is -0.113. The van der Waals surface area contributed by atoms with Gasteiger partial charge in [0.1, 0.15) is 0 Å². The Morgan fingerprint density at radius 1 is 0.800 bits per heavy atom. The topological polar surface area (TPSA) is 46.6 Å². The van der Waals surface area contributed by atoms with Gasteiger partial charge in [0.2, 0.25) is 0 Å². The predicted octanol–water partition coefficient (Wildman–Crippen LogP) is 6.74. The maximum absolute atomic E-state index is 14.1. The van der Waals surface area contributed by atoms with E-state index in [1.165, 1.54) is 7.11 Å². The second kappa shape index (κ2) is 9.72. The average molecular weight is 524 g/mol. The first-order valence-corrected chi connectivity index (χ1v) is 12.0. The van der Waals surface area contributed by atoms with Crippen LogP contribution in [0, 0.1) is 0 Å². The van der Waals surface area contributed by atoms with Crippen LogP contribution in [-0.2, 0) is 16.1 Å². The number of carbonyl (C=O) groups excluding carboxylic acids is 2. The molecule has 1 heterocycles. The summed E-state index contributed by atoms with van der Waals surface area (Å²) in [4.78, 5) is 27.9. The number of anilines is 1. The number of ether oxygens (including phenoxy) is 1. The first-order chi connectivity index (χ1) is 17.1. The lowest BCUT2D eigenvalue weighted by Crippen LogP contribution is -2.26. The van der Waals surface area contributed by atoms with E-state index in [0.717, 1.165) is 38.0 Å². The van der Waals surface area contributed by atoms with Gasteiger partial charge in [0.15, 0.2) is 0 Å². The highest BCUT2D eigenvalue weighted by molar-refractivity contribution is 9.10. The highest BCUT2D eigenvalue weighted by atomic mass is 79.9. The van der Waals surface area contributed by atoms with Crippen molar-refractivity contribution in [3.05, 3.63) is 135 Å². The maximum atomic E-state index is 14.1. The number of hydrogen-bond donors (Lipinski definition) is 0. The molecule has 0 fully saturated rings. The van der Waals surface area contributed by atoms with E-state index in [1.54, 1.807) is 17.0 Å². The Hall–Kier alpha value is -3.96. The van der Waals surface area contributed by atoms with Gasteiger partial charge in [-0.1, -0.05) is 88.7 Å². The molecule has 1 aliphatic rings. The van der Waals surface area contributed by atoms with Gasteiger partial charge in [-0.2, -0.15) is 0 Å². The summed E-state index contributed by atoms with van der Waals surface area (Å²) in [7, 11) is 1.36. The Morgan fingerprint density at radius 3 is 2.26 bits per heavy atom. The van der Waals surface area contributed by atoms with E-state index in [1.807, 2.05) is 91.0 Å². The van der Waals surface area contributed by atoms with Crippen LogP contribution in [0.1, 0.15) is 32.6 Å². The Bertz CT molecular complexity index is 1460. The third-order valence-electron chi connectivity index (χ3n) is 6.04. The van der Waals surface area contributed by atoms with Crippen molar-refractivity contribution in [2.75, 3.05) is 12.0 Å². The number of rotatable bonds is 5. The number of carbonyl (C=O) groups is 2. The minimum absolute atomic E-state index is 0.0755. The molecule has 172 valence electrons. The summed E-state index contributed by atoms with van der Waals surface area (Å²) >= 11 is 3.58. The van der Waals surface area contributed by atoms with Crippen molar-refractivity contribution in [3.8, 4) is 0 Å². The summed E-state index contributed by atoms with van der Waals surface area (Å²) in [5, 5.41) is 0. The molecule has 1 aliphatic heterocycles. The standard InChI is InChI=1S/C30H22BrNO3/c1-35-30(34)23-13-7-9-20(17-23)19-32-26-16-6-5-15-25(26)28(29(32)33)27(21-10-3-2-4-11-21)22-12-8-14-24(31)18-22/h2-18H,19H2,1H3. The van der Waals surface area contributed by atoms with Crippen LogP contribution in [-0.4, -0.2) is 19.0 Å². The molecule has 0 atom stereocenters. The molecule has 0 saturated carbocycles. The zero-order chi connectivity index (χ0) is 24.4. The number of hydrogen-bond acceptors (Lipinski definition) is 3. The molecular formula is C30H22BrNO3. The van der Waals surface area contributed by atoms with Crippen LogP contribution < -0.4 is 4.90 Å². The van der Waals surface area contributed by atoms with Crippen molar-refractivity contribution >= 4 is 44.6 Å². The summed E-state index contributed by atoms with van der Waals surface area (Å²) in [6.45, 7) is 0.338. The number of benzene rings is 4. The first-order valence-electron chi connectivity index (χ1n) is 11.2. The van der Waals surface area contributed by atoms with Crippen LogP contribution in [0.15, 0.2) is 108 Å². The molecule has 0 aromatic heterocycles. The van der Waals surface area contributed by atoms with Crippen LogP contribution in [0.5, 0.6) is 0 Å². The quantitative estimate of drug-likeness (QED) is 0.215. The molecule has 0 radical (unpaired) electrons. The second-order valence-corrected chi connectivity index (χ2v) is 9.14. The van der Waals surface area contributed by atoms with Gasteiger partial charge in [-0.25, -0.2) is 4.79 Å². The molecule has 5 heteroatoms. The number of para-hydroxylation sites is 1. The number of esters is 1. The van der Waals surface area contributed by atoms with Crippen molar-refractivity contribution < 1.29 is 14.3 Å². The van der Waals surface area contributed by atoms with E-state index in [0.29, 0.717) is 17.7 Å². The van der Waals surface area contributed by atoms with Gasteiger partial charge in [0.25, 0.3) is 5.91 Å². The minimum Gasteiger partial charge on any atom is -0.465 e. The van der Waals surface area contributed by atoms with Crippen molar-refractivity contribution in [1.29, 1.82) is 0 Å². The molecule has 0 N–H and O–H groups in total. The molecular weight excluding hydrogens is 502 g/mol. The van der Waals surface area contributed by atoms with Gasteiger partial charge < -0.3 is 9.64 Å². The average Bonchev–Trinajstić information content (AvgIpc) is 3.16. The largest absolute Gasteiger partial charge is 0.465 e. The van der Waals surface area contributed by atoms with Crippen molar-refractivity contribution in [2.24, 2.45) is 0 Å². The highest BCUT2D eigenvalue weighted by Crippen LogP contribution is 2.43. The van der Waals surface area contributed by atoms with Gasteiger partial charge in [-0.05, 0) is 47.0 Å². The molecule has 4 nitrogen and oxygen atoms in total. The number of halogens is 1. The fourth-order valence-electron chi connectivity index (χ4n) is 4.48. The SMILES string of the molecule is COC(=O)c1cccc(CN2C(=O)C(=C(c3ccccc3)c3cccc(Br)c3)c3ccccc32)c1. The Kier molecular flexibility index (Phi) is 6.34. The molecule has 4 aromatic rings. The van der Waals surface area contributed by atoms with E-state index in [-0.39, 0.29) is 5.91 Å². The van der Waals surface area contributed by atoms with E-state index >= 15 is 0 Å². The maximum Gasteiger partial charge on any atom is 0.337 e. The van der Waals surface area contributed by atoms with E-state index in [9.17, 15) is 9.59 Å². The third-order valence-corrected chi connectivity index (χ3v) is 6.53. The lowest BCUT2D eigenvalue weighted by atomic mass is 9.90. The normalized spacial score (nSPS) is 14.0. The van der Waals surface area contributed by atoms with Gasteiger partial charge >= 0.3 is 5.97 Å². The van der Waals surface area contributed by atoms with Gasteiger partial charge in [-0.15, -0.1) is 0 Å². The molecule has 0 unspecified atom stereocenters. The molecule has 35 heavy (non-hydrogen) atoms. The van der Waals surface area contributed by atoms with Gasteiger partial charge in [0.05, 0.1) is 30.5 Å². The summed E-state index contributed by atoms with van der Waals surface area (Å²) < 4.78 is 5.81. The van der Waals surface area contributed by atoms with Crippen LogP contribution in [0.25, 0.3) is 11.1 Å². The minimum atomic E-state index is -0.401. The highest BCUT2D eigenvalue weighted by Gasteiger charge is 2.35. The Morgan fingerprint density at radius 2 is 1.49 bits per heavy atom. The van der Waals surface area contributed by atoms with Crippen LogP contribution >= 0.6 is 15.9 Å². The molecule has 0 spiro atoms. The smallest absolute Gasteiger partial charge is 0.337 e. The fraction of sp³-hybridized carbons (Fsp3) is 0.0667. The summed E-state index contributed by atoms with van der Waals surface area (Å²) in [6, 6.07) is 33.1. The third kappa shape index (κ3) is 4.43. The van der Waals surface area contributed by atoms with Crippen LogP contribution in [0.2, 0.25) is 0 Å². The fourth-order valence-corrected chi connectivity index (χ4v) is 4.88. The lowest BCUT2D eigenvalue weighted by Gasteiger charge is -2.18. The molecule has 5 rings (SSSR count). The van der Waals surface area contributed by atoms with Crippen molar-refractivity contribution in [3.63, 3.8) is 0 Å². The summed E-state index contributed by atoms with van der Waals surface area (Å²) in [5.41, 5.74) is 6.52. The summed E-state index contributed by atoms with van der Waals surface area (Å²) in [6.07, 6.45) is 0. The summed E-state index contributed by atoms with van der Waals surface area (Å²) in [5.74, 6) is -0.477. The van der Waals surface area contributed by atoms with Crippen LogP contribution in [0.3, 0.4) is 0 Å². The van der Waals surface area contributed by atoms with Gasteiger partial charge in [-0.3, -0.25) is 4.79 Å². The second-order valence-electron chi connectivity index (χ2n) is 8.23. The van der Waals surface area contributed by atoms with Gasteiger partial charge in [0, 0.05) is 15.6 Å². The predicted molar refractivity (Wildman–Crippen MR) is 142 cm³/mol. The van der Waals surface area contributed by atoms with Crippen LogP contribution in [0.4, 0.5) is 5.69 Å². The molecule has 1 amide bonds. The Balaban J connectivity index is 1.67. The van der Waals surface area contributed by atoms with Crippen molar-refractivity contribution in [2.45, 2.75) is 6.54 Å². The molecule has 4 aromatic carbocycles. The first kappa shape index (κ1) is 22.8. The number of nitrogens with zero attached hydrogens (tertiary/aromatic N) is 1. The van der Waals surface area contributed by atoms with E-state index < -0.39 is 5.97 Å². The number of fused-ring (bicyclic) bond motifs is 1. The van der Waals surface area contributed by atoms with E-state index in [2.05, 4.69) is 15.9 Å². The number of amides is 1. The zero-order valence-corrected chi connectivity index (χ0v) is 20.7. The van der Waals surface area contributed by atoms with Crippen molar-refractivity contribution in [1.82, 2.24) is 0 Å². The molecule has 0 bridgehead atoms. The monoisotopic (exact) mass is 523 g/mol. The molecule has 0 aliphatic carbocycles. The Labute approximate surface area is 212 Å². The zero-order valence-electron chi connectivity index (χ0n) is 19.1. The van der Waals surface area contributed by atoms with E-state index in [4.69, 9.17) is 4.74 Å². The molecule has 0 saturated heterocycles. The number of methoxy groups -OCH3 is 1.